The summed E-state index contributed by atoms with van der Waals surface area (Å²) < 4.78 is 6.05. The summed E-state index contributed by atoms with van der Waals surface area (Å²) in [4.78, 5) is 2.74. The summed E-state index contributed by atoms with van der Waals surface area (Å²) in [5.41, 5.74) is 5.58. The highest BCUT2D eigenvalue weighted by molar-refractivity contribution is 5.33. The summed E-state index contributed by atoms with van der Waals surface area (Å²) in [6, 6.07) is 31.2. The lowest BCUT2D eigenvalue weighted by Crippen LogP contribution is -2.48. The van der Waals surface area contributed by atoms with Gasteiger partial charge in [-0.2, -0.15) is 0 Å². The van der Waals surface area contributed by atoms with Gasteiger partial charge in [-0.25, -0.2) is 0 Å². The molecule has 5 rings (SSSR count). The molecule has 2 heteroatoms. The summed E-state index contributed by atoms with van der Waals surface area (Å²) in [7, 11) is 0. The summed E-state index contributed by atoms with van der Waals surface area (Å²) in [5.74, 6) is 0.962. The van der Waals surface area contributed by atoms with Crippen molar-refractivity contribution < 1.29 is 4.74 Å². The molecule has 2 aliphatic heterocycles. The van der Waals surface area contributed by atoms with E-state index < -0.39 is 0 Å². The number of nitrogens with zero attached hydrogens (tertiary/aromatic N) is 1. The van der Waals surface area contributed by atoms with Crippen molar-refractivity contribution in [2.24, 2.45) is 0 Å². The van der Waals surface area contributed by atoms with Crippen LogP contribution in [-0.4, -0.2) is 17.0 Å². The minimum Gasteiger partial charge on any atom is -0.489 e. The normalized spacial score (nSPS) is 20.8. The smallest absolute Gasteiger partial charge is 0.120 e. The van der Waals surface area contributed by atoms with Crippen LogP contribution in [0.3, 0.4) is 0 Å². The topological polar surface area (TPSA) is 12.5 Å². The second-order valence-electron chi connectivity index (χ2n) is 8.94. The van der Waals surface area contributed by atoms with Crippen LogP contribution in [0.5, 0.6) is 5.75 Å². The van der Waals surface area contributed by atoms with Gasteiger partial charge in [-0.05, 0) is 54.5 Å². The first-order valence-corrected chi connectivity index (χ1v) is 11.6. The van der Waals surface area contributed by atoms with E-state index in [2.05, 4.69) is 89.8 Å². The van der Waals surface area contributed by atoms with Crippen molar-refractivity contribution in [2.75, 3.05) is 0 Å². The van der Waals surface area contributed by atoms with Crippen molar-refractivity contribution >= 4 is 0 Å². The minimum absolute atomic E-state index is 0.584. The van der Waals surface area contributed by atoms with Crippen molar-refractivity contribution in [1.29, 1.82) is 0 Å². The average molecular weight is 410 g/mol. The molecule has 2 bridgehead atoms. The number of hydrogen-bond donors (Lipinski definition) is 0. The largest absolute Gasteiger partial charge is 0.489 e. The van der Waals surface area contributed by atoms with Crippen LogP contribution in [0.25, 0.3) is 0 Å². The van der Waals surface area contributed by atoms with E-state index >= 15 is 0 Å². The van der Waals surface area contributed by atoms with Crippen LogP contribution < -0.4 is 4.74 Å². The van der Waals surface area contributed by atoms with Gasteiger partial charge in [0.05, 0.1) is 0 Å². The standard InChI is InChI=1S/C29H31NO/c1-3-9-23(10-4-1)21-30-27-14-8-15-28(30)19-26(18-27)17-25-13-7-16-29(20-25)31-22-24-11-5-2-6-12-24/h1-7,9-13,16,18,20,27-28H,8,14-15,17,19,21-22H2. The maximum atomic E-state index is 6.05. The van der Waals surface area contributed by atoms with Crippen molar-refractivity contribution in [2.45, 2.75) is 57.3 Å². The van der Waals surface area contributed by atoms with E-state index in [1.165, 1.54) is 42.4 Å². The van der Waals surface area contributed by atoms with Crippen molar-refractivity contribution in [3.05, 3.63) is 113 Å². The molecule has 0 aliphatic carbocycles. The summed E-state index contributed by atoms with van der Waals surface area (Å²) in [5, 5.41) is 0. The predicted octanol–water partition coefficient (Wildman–Crippen LogP) is 6.56. The molecule has 2 atom stereocenters. The first-order valence-electron chi connectivity index (χ1n) is 11.6. The monoisotopic (exact) mass is 409 g/mol. The molecule has 2 heterocycles. The molecule has 0 radical (unpaired) electrons. The molecule has 0 saturated carbocycles. The van der Waals surface area contributed by atoms with E-state index in [0.29, 0.717) is 18.7 Å². The van der Waals surface area contributed by atoms with Gasteiger partial charge in [-0.15, -0.1) is 0 Å². The zero-order valence-corrected chi connectivity index (χ0v) is 18.1. The Morgan fingerprint density at radius 3 is 2.29 bits per heavy atom. The molecule has 1 saturated heterocycles. The minimum atomic E-state index is 0.584. The van der Waals surface area contributed by atoms with Crippen LogP contribution in [-0.2, 0) is 19.6 Å². The van der Waals surface area contributed by atoms with Gasteiger partial charge in [0.25, 0.3) is 0 Å². The number of hydrogen-bond acceptors (Lipinski definition) is 2. The first-order chi connectivity index (χ1) is 15.3. The quantitative estimate of drug-likeness (QED) is 0.410. The Morgan fingerprint density at radius 1 is 0.774 bits per heavy atom. The molecule has 0 N–H and O–H groups in total. The number of rotatable bonds is 7. The molecule has 0 aromatic heterocycles. The van der Waals surface area contributed by atoms with Gasteiger partial charge < -0.3 is 4.74 Å². The fraction of sp³-hybridized carbons (Fsp3) is 0.310. The van der Waals surface area contributed by atoms with Crippen LogP contribution >= 0.6 is 0 Å². The maximum absolute atomic E-state index is 6.05. The third-order valence-corrected chi connectivity index (χ3v) is 6.64. The number of ether oxygens (including phenoxy) is 1. The highest BCUT2D eigenvalue weighted by atomic mass is 16.5. The third-order valence-electron chi connectivity index (χ3n) is 6.64. The molecule has 3 aromatic rings. The van der Waals surface area contributed by atoms with E-state index in [1.807, 2.05) is 6.07 Å². The molecule has 0 amide bonds. The second-order valence-corrected chi connectivity index (χ2v) is 8.94. The van der Waals surface area contributed by atoms with Crippen LogP contribution in [0.4, 0.5) is 0 Å². The molecule has 2 nitrogen and oxygen atoms in total. The van der Waals surface area contributed by atoms with Crippen LogP contribution in [0, 0.1) is 0 Å². The average Bonchev–Trinajstić information content (AvgIpc) is 2.80. The lowest BCUT2D eigenvalue weighted by molar-refractivity contribution is 0.0880. The van der Waals surface area contributed by atoms with E-state index in [0.717, 1.165) is 18.7 Å². The van der Waals surface area contributed by atoms with E-state index in [4.69, 9.17) is 4.74 Å². The van der Waals surface area contributed by atoms with E-state index in [-0.39, 0.29) is 0 Å². The zero-order chi connectivity index (χ0) is 20.9. The molecular formula is C29H31NO. The molecule has 2 unspecified atom stereocenters. The molecule has 3 aromatic carbocycles. The third kappa shape index (κ3) is 5.08. The highest BCUT2D eigenvalue weighted by Gasteiger charge is 2.33. The van der Waals surface area contributed by atoms with Gasteiger partial charge in [0.2, 0.25) is 0 Å². The van der Waals surface area contributed by atoms with Gasteiger partial charge >= 0.3 is 0 Å². The fourth-order valence-corrected chi connectivity index (χ4v) is 5.13. The highest BCUT2D eigenvalue weighted by Crippen LogP contribution is 2.35. The lowest BCUT2D eigenvalue weighted by Gasteiger charge is -2.45. The first kappa shape index (κ1) is 20.1. The Bertz CT molecular complexity index is 1010. The zero-order valence-electron chi connectivity index (χ0n) is 18.1. The van der Waals surface area contributed by atoms with E-state index in [1.54, 1.807) is 5.57 Å². The van der Waals surface area contributed by atoms with Crippen LogP contribution in [0.2, 0.25) is 0 Å². The molecule has 158 valence electrons. The summed E-state index contributed by atoms with van der Waals surface area (Å²) in [6.45, 7) is 1.69. The van der Waals surface area contributed by atoms with Crippen molar-refractivity contribution in [1.82, 2.24) is 4.90 Å². The maximum Gasteiger partial charge on any atom is 0.120 e. The number of benzene rings is 3. The SMILES string of the molecule is C1=C(Cc2cccc(OCc3ccccc3)c2)CC2CCCC1N2Cc1ccccc1. The Kier molecular flexibility index (Phi) is 6.18. The molecule has 2 aliphatic rings. The second kappa shape index (κ2) is 9.53. The fourth-order valence-electron chi connectivity index (χ4n) is 5.13. The summed E-state index contributed by atoms with van der Waals surface area (Å²) in [6.07, 6.45) is 8.75. The Morgan fingerprint density at radius 2 is 1.52 bits per heavy atom. The predicted molar refractivity (Wildman–Crippen MR) is 127 cm³/mol. The van der Waals surface area contributed by atoms with Crippen molar-refractivity contribution in [3.63, 3.8) is 0 Å². The number of piperidine rings is 1. The lowest BCUT2D eigenvalue weighted by atomic mass is 9.83. The molecule has 1 fully saturated rings. The van der Waals surface area contributed by atoms with Crippen LogP contribution in [0.1, 0.15) is 42.4 Å². The van der Waals surface area contributed by atoms with Gasteiger partial charge in [0.15, 0.2) is 0 Å². The summed E-state index contributed by atoms with van der Waals surface area (Å²) >= 11 is 0. The molecule has 0 spiro atoms. The number of fused-ring (bicyclic) bond motifs is 2. The van der Waals surface area contributed by atoms with Gasteiger partial charge in [-0.1, -0.05) is 90.9 Å². The Hall–Kier alpha value is -2.84. The van der Waals surface area contributed by atoms with E-state index in [9.17, 15) is 0 Å². The van der Waals surface area contributed by atoms with Crippen LogP contribution in [0.15, 0.2) is 96.6 Å². The van der Waals surface area contributed by atoms with Gasteiger partial charge in [-0.3, -0.25) is 4.90 Å². The molecular weight excluding hydrogens is 378 g/mol. The Balaban J connectivity index is 1.25. The molecule has 31 heavy (non-hydrogen) atoms. The Labute approximate surface area is 186 Å². The van der Waals surface area contributed by atoms with Crippen molar-refractivity contribution in [3.8, 4) is 5.75 Å². The van der Waals surface area contributed by atoms with Gasteiger partial charge in [0.1, 0.15) is 12.4 Å². The van der Waals surface area contributed by atoms with Gasteiger partial charge in [0, 0.05) is 18.6 Å².